The largest absolute Gasteiger partial charge is 0.507 e. The van der Waals surface area contributed by atoms with Crippen LogP contribution in [0.2, 0.25) is 0 Å². The molecule has 0 amide bonds. The molecule has 0 aromatic heterocycles. The minimum Gasteiger partial charge on any atom is -0.507 e. The van der Waals surface area contributed by atoms with E-state index in [4.69, 9.17) is 9.47 Å². The van der Waals surface area contributed by atoms with Gasteiger partial charge in [0.15, 0.2) is 0 Å². The summed E-state index contributed by atoms with van der Waals surface area (Å²) in [5.41, 5.74) is 5.11. The van der Waals surface area contributed by atoms with Crippen molar-refractivity contribution in [2.75, 3.05) is 38.3 Å². The summed E-state index contributed by atoms with van der Waals surface area (Å²) >= 11 is 0. The van der Waals surface area contributed by atoms with E-state index in [9.17, 15) is 9.90 Å². The highest BCUT2D eigenvalue weighted by Crippen LogP contribution is 2.44. The summed E-state index contributed by atoms with van der Waals surface area (Å²) < 4.78 is 10.4. The van der Waals surface area contributed by atoms with Gasteiger partial charge in [0.05, 0.1) is 20.3 Å². The van der Waals surface area contributed by atoms with E-state index in [-0.39, 0.29) is 16.7 Å². The van der Waals surface area contributed by atoms with Crippen molar-refractivity contribution in [3.63, 3.8) is 0 Å². The fourth-order valence-electron chi connectivity index (χ4n) is 4.99. The molecule has 0 spiro atoms. The minimum absolute atomic E-state index is 0.0627. The molecule has 1 aliphatic carbocycles. The van der Waals surface area contributed by atoms with E-state index in [0.29, 0.717) is 6.42 Å². The number of morpholine rings is 1. The molecule has 5 heteroatoms. The van der Waals surface area contributed by atoms with Crippen LogP contribution in [0.25, 0.3) is 6.08 Å². The van der Waals surface area contributed by atoms with Crippen LogP contribution in [0.3, 0.4) is 0 Å². The fraction of sp³-hybridized carbons (Fsp3) is 0.250. The average molecular weight is 442 g/mol. The molecule has 33 heavy (non-hydrogen) atoms. The highest BCUT2D eigenvalue weighted by Gasteiger charge is 2.36. The molecule has 1 heterocycles. The molecular formula is C28H27NO4. The lowest BCUT2D eigenvalue weighted by atomic mass is 9.67. The van der Waals surface area contributed by atoms with Crippen molar-refractivity contribution in [3.05, 3.63) is 101 Å². The molecule has 1 aliphatic heterocycles. The number of hydrogen-bond donors (Lipinski definition) is 1. The third-order valence-electron chi connectivity index (χ3n) is 6.75. The number of ether oxygens (including phenoxy) is 2. The Labute approximate surface area is 193 Å². The van der Waals surface area contributed by atoms with Gasteiger partial charge in [-0.2, -0.15) is 0 Å². The lowest BCUT2D eigenvalue weighted by molar-refractivity contribution is 0.0597. The number of nitrogens with zero attached hydrogens (tertiary/aromatic N) is 1. The fourth-order valence-corrected chi connectivity index (χ4v) is 4.99. The zero-order chi connectivity index (χ0) is 22.8. The number of carbonyl (C=O) groups is 1. The van der Waals surface area contributed by atoms with Gasteiger partial charge in [-0.15, -0.1) is 0 Å². The maximum Gasteiger partial charge on any atom is 0.342 e. The van der Waals surface area contributed by atoms with Gasteiger partial charge < -0.3 is 19.5 Å². The van der Waals surface area contributed by atoms with E-state index in [1.165, 1.54) is 23.9 Å². The van der Waals surface area contributed by atoms with Crippen molar-refractivity contribution >= 4 is 17.7 Å². The molecule has 3 aromatic rings. The first-order valence-corrected chi connectivity index (χ1v) is 11.2. The monoisotopic (exact) mass is 441 g/mol. The maximum atomic E-state index is 12.4. The first kappa shape index (κ1) is 21.3. The third-order valence-corrected chi connectivity index (χ3v) is 6.75. The number of fused-ring (bicyclic) bond motifs is 1. The molecule has 1 saturated heterocycles. The molecule has 1 N–H and O–H groups in total. The van der Waals surface area contributed by atoms with Crippen LogP contribution in [0.4, 0.5) is 5.69 Å². The van der Waals surface area contributed by atoms with Gasteiger partial charge in [-0.3, -0.25) is 0 Å². The average Bonchev–Trinajstić information content (AvgIpc) is 2.89. The molecule has 1 fully saturated rings. The van der Waals surface area contributed by atoms with Crippen molar-refractivity contribution in [1.82, 2.24) is 0 Å². The van der Waals surface area contributed by atoms with E-state index in [1.54, 1.807) is 6.07 Å². The smallest absolute Gasteiger partial charge is 0.342 e. The van der Waals surface area contributed by atoms with Gasteiger partial charge >= 0.3 is 5.97 Å². The summed E-state index contributed by atoms with van der Waals surface area (Å²) in [6.45, 7) is 3.31. The van der Waals surface area contributed by atoms with Gasteiger partial charge in [0, 0.05) is 24.2 Å². The van der Waals surface area contributed by atoms with Crippen molar-refractivity contribution < 1.29 is 19.4 Å². The molecule has 2 aliphatic rings. The maximum absolute atomic E-state index is 12.4. The van der Waals surface area contributed by atoms with Gasteiger partial charge in [0.2, 0.25) is 0 Å². The summed E-state index contributed by atoms with van der Waals surface area (Å²) in [5, 5.41) is 10.3. The Balaban J connectivity index is 1.59. The Hall–Kier alpha value is -3.57. The van der Waals surface area contributed by atoms with E-state index >= 15 is 0 Å². The second-order valence-corrected chi connectivity index (χ2v) is 8.52. The standard InChI is InChI=1S/C28H27NO4/c1-32-27(31)26-24-13-14-28(21-5-3-2-4-6-21,19-20(24)7-12-25(26)30)22-8-10-23(11-9-22)29-15-17-33-18-16-29/h2-14,30H,15-19H2,1H3. The van der Waals surface area contributed by atoms with Crippen LogP contribution < -0.4 is 4.90 Å². The van der Waals surface area contributed by atoms with E-state index in [1.807, 2.05) is 18.2 Å². The summed E-state index contributed by atoms with van der Waals surface area (Å²) in [4.78, 5) is 14.7. The number of hydrogen-bond acceptors (Lipinski definition) is 5. The van der Waals surface area contributed by atoms with Crippen molar-refractivity contribution in [2.45, 2.75) is 11.8 Å². The van der Waals surface area contributed by atoms with Crippen LogP contribution in [0.15, 0.2) is 72.8 Å². The molecule has 0 bridgehead atoms. The van der Waals surface area contributed by atoms with Gasteiger partial charge in [-0.05, 0) is 46.9 Å². The first-order chi connectivity index (χ1) is 16.1. The number of phenols is 1. The van der Waals surface area contributed by atoms with Crippen LogP contribution in [0.5, 0.6) is 5.75 Å². The summed E-state index contributed by atoms with van der Waals surface area (Å²) in [5.74, 6) is -0.594. The Kier molecular flexibility index (Phi) is 5.65. The number of anilines is 1. The number of carbonyl (C=O) groups excluding carboxylic acids is 1. The van der Waals surface area contributed by atoms with Crippen LogP contribution in [-0.4, -0.2) is 44.5 Å². The summed E-state index contributed by atoms with van der Waals surface area (Å²) in [7, 11) is 1.33. The number of benzene rings is 3. The van der Waals surface area contributed by atoms with E-state index in [0.717, 1.165) is 37.4 Å². The van der Waals surface area contributed by atoms with Crippen LogP contribution >= 0.6 is 0 Å². The number of esters is 1. The molecule has 1 unspecified atom stereocenters. The number of rotatable bonds is 4. The summed E-state index contributed by atoms with van der Waals surface area (Å²) in [6.07, 6.45) is 4.78. The van der Waals surface area contributed by atoms with Gasteiger partial charge in [0.25, 0.3) is 0 Å². The number of allylic oxidation sites excluding steroid dienone is 1. The first-order valence-electron chi connectivity index (χ1n) is 11.2. The van der Waals surface area contributed by atoms with Crippen LogP contribution in [0, 0.1) is 0 Å². The highest BCUT2D eigenvalue weighted by molar-refractivity contribution is 5.97. The number of phenolic OH excluding ortho intramolecular Hbond substituents is 1. The van der Waals surface area contributed by atoms with Gasteiger partial charge in [-0.1, -0.05) is 60.7 Å². The zero-order valence-corrected chi connectivity index (χ0v) is 18.7. The molecule has 168 valence electrons. The van der Waals surface area contributed by atoms with Gasteiger partial charge in [-0.25, -0.2) is 4.79 Å². The number of methoxy groups -OCH3 is 1. The molecule has 5 rings (SSSR count). The van der Waals surface area contributed by atoms with Crippen molar-refractivity contribution in [2.24, 2.45) is 0 Å². The Morgan fingerprint density at radius 3 is 2.36 bits per heavy atom. The molecule has 3 aromatic carbocycles. The van der Waals surface area contributed by atoms with E-state index in [2.05, 4.69) is 59.5 Å². The summed E-state index contributed by atoms with van der Waals surface area (Å²) in [6, 6.07) is 22.7. The van der Waals surface area contributed by atoms with Crippen LogP contribution in [0.1, 0.15) is 32.6 Å². The van der Waals surface area contributed by atoms with E-state index < -0.39 is 5.97 Å². The lowest BCUT2D eigenvalue weighted by Crippen LogP contribution is -2.36. The molecule has 0 radical (unpaired) electrons. The molecule has 5 nitrogen and oxygen atoms in total. The molecule has 0 saturated carbocycles. The lowest BCUT2D eigenvalue weighted by Gasteiger charge is -2.36. The number of aromatic hydroxyl groups is 1. The Bertz CT molecular complexity index is 1180. The quantitative estimate of drug-likeness (QED) is 0.601. The molecule has 1 atom stereocenters. The van der Waals surface area contributed by atoms with Gasteiger partial charge in [0.1, 0.15) is 11.3 Å². The predicted molar refractivity (Wildman–Crippen MR) is 129 cm³/mol. The normalized spacial score (nSPS) is 19.7. The highest BCUT2D eigenvalue weighted by atomic mass is 16.5. The minimum atomic E-state index is -0.531. The zero-order valence-electron chi connectivity index (χ0n) is 18.7. The SMILES string of the molecule is COC(=O)c1c(O)ccc2c1C=CC(c1ccccc1)(c1ccc(N3CCOCC3)cc1)C2. The van der Waals surface area contributed by atoms with Crippen LogP contribution in [-0.2, 0) is 21.3 Å². The van der Waals surface area contributed by atoms with Crippen molar-refractivity contribution in [3.8, 4) is 5.75 Å². The third kappa shape index (κ3) is 3.79. The topological polar surface area (TPSA) is 59.0 Å². The second kappa shape index (κ2) is 8.75. The molecular weight excluding hydrogens is 414 g/mol. The Morgan fingerprint density at radius 2 is 1.67 bits per heavy atom. The second-order valence-electron chi connectivity index (χ2n) is 8.52. The predicted octanol–water partition coefficient (Wildman–Crippen LogP) is 4.57. The van der Waals surface area contributed by atoms with Crippen molar-refractivity contribution in [1.29, 1.82) is 0 Å². The Morgan fingerprint density at radius 1 is 0.970 bits per heavy atom.